The number of methoxy groups -OCH3 is 1. The normalized spacial score (nSPS) is 12.2. The fourth-order valence-electron chi connectivity index (χ4n) is 3.63. The van der Waals surface area contributed by atoms with E-state index in [0.29, 0.717) is 38.7 Å². The van der Waals surface area contributed by atoms with E-state index < -0.39 is 22.7 Å². The number of hydrogen-bond acceptors (Lipinski definition) is 9. The molecule has 0 radical (unpaired) electrons. The van der Waals surface area contributed by atoms with Crippen LogP contribution in [0.15, 0.2) is 60.7 Å². The number of anilines is 5. The van der Waals surface area contributed by atoms with Gasteiger partial charge in [0, 0.05) is 18.3 Å². The number of fused-ring (bicyclic) bond motifs is 1. The van der Waals surface area contributed by atoms with Gasteiger partial charge in [-0.1, -0.05) is 29.8 Å². The molecule has 1 unspecified atom stereocenters. The van der Waals surface area contributed by atoms with Crippen molar-refractivity contribution in [1.82, 2.24) is 9.97 Å². The number of amides is 1. The lowest BCUT2D eigenvalue weighted by atomic mass is 10.1. The molecular formula is C26H27ClN7O4S-. The van der Waals surface area contributed by atoms with Crippen molar-refractivity contribution in [3.05, 3.63) is 71.2 Å². The Morgan fingerprint density at radius 2 is 1.82 bits per heavy atom. The first-order valence-corrected chi connectivity index (χ1v) is 13.1. The quantitative estimate of drug-likeness (QED) is 0.217. The summed E-state index contributed by atoms with van der Waals surface area (Å²) in [5.41, 5.74) is 13.1. The third-order valence-electron chi connectivity index (χ3n) is 5.69. The van der Waals surface area contributed by atoms with Crippen molar-refractivity contribution in [2.75, 3.05) is 22.0 Å². The maximum absolute atomic E-state index is 12.8. The summed E-state index contributed by atoms with van der Waals surface area (Å²) in [5, 5.41) is 6.16. The smallest absolute Gasteiger partial charge is 0.243 e. The van der Waals surface area contributed by atoms with Crippen molar-refractivity contribution in [3.63, 3.8) is 0 Å². The average Bonchev–Trinajstić information content (AvgIpc) is 2.89. The van der Waals surface area contributed by atoms with Crippen molar-refractivity contribution in [3.8, 4) is 5.75 Å². The lowest BCUT2D eigenvalue weighted by molar-refractivity contribution is -0.120. The van der Waals surface area contributed by atoms with E-state index in [1.165, 1.54) is 13.2 Å². The second-order valence-corrected chi connectivity index (χ2v) is 10.3. The summed E-state index contributed by atoms with van der Waals surface area (Å²) in [5.74, 6) is 0.134. The van der Waals surface area contributed by atoms with E-state index in [1.54, 1.807) is 68.4 Å². The van der Waals surface area contributed by atoms with Gasteiger partial charge in [-0.25, -0.2) is 9.97 Å². The van der Waals surface area contributed by atoms with Crippen LogP contribution in [0.3, 0.4) is 0 Å². The van der Waals surface area contributed by atoms with Crippen LogP contribution in [0.25, 0.3) is 11.0 Å². The van der Waals surface area contributed by atoms with E-state index in [2.05, 4.69) is 20.6 Å². The van der Waals surface area contributed by atoms with Crippen LogP contribution in [-0.2, 0) is 22.6 Å². The monoisotopic (exact) mass is 568 g/mol. The van der Waals surface area contributed by atoms with Gasteiger partial charge in [0.2, 0.25) is 5.91 Å². The molecule has 39 heavy (non-hydrogen) atoms. The zero-order valence-corrected chi connectivity index (χ0v) is 23.0. The molecule has 0 saturated heterocycles. The van der Waals surface area contributed by atoms with Gasteiger partial charge in [0.05, 0.1) is 51.3 Å². The molecule has 1 heterocycles. The molecule has 0 aliphatic heterocycles. The maximum atomic E-state index is 12.8. The van der Waals surface area contributed by atoms with Gasteiger partial charge in [-0.15, -0.1) is 0 Å². The number of carbonyl (C=O) groups excluding carboxylic acids is 1. The van der Waals surface area contributed by atoms with E-state index in [9.17, 15) is 13.6 Å². The Kier molecular flexibility index (Phi) is 8.33. The Morgan fingerprint density at radius 3 is 2.44 bits per heavy atom. The summed E-state index contributed by atoms with van der Waals surface area (Å²) >= 11 is 3.53. The highest BCUT2D eigenvalue weighted by Gasteiger charge is 2.25. The number of aromatic nitrogens is 2. The second kappa shape index (κ2) is 11.5. The zero-order valence-electron chi connectivity index (χ0n) is 21.4. The van der Waals surface area contributed by atoms with Gasteiger partial charge in [0.15, 0.2) is 11.6 Å². The fraction of sp³-hybridized carbons (Fsp3) is 0.192. The highest BCUT2D eigenvalue weighted by molar-refractivity contribution is 7.81. The molecule has 0 saturated carbocycles. The molecule has 0 fully saturated rings. The molecule has 1 atom stereocenters. The first-order chi connectivity index (χ1) is 18.5. The Balaban J connectivity index is 1.91. The van der Waals surface area contributed by atoms with Gasteiger partial charge in [0.25, 0.3) is 0 Å². The Labute approximate surface area is 232 Å². The number of carbonyl (C=O) groups is 1. The summed E-state index contributed by atoms with van der Waals surface area (Å²) in [4.78, 5) is 21.8. The van der Waals surface area contributed by atoms with E-state index in [4.69, 9.17) is 27.8 Å². The topological polar surface area (TPSA) is 172 Å². The molecule has 4 rings (SSSR count). The molecule has 3 aromatic carbocycles. The largest absolute Gasteiger partial charge is 0.755 e. The third-order valence-corrected chi connectivity index (χ3v) is 6.68. The molecule has 0 aliphatic rings. The molecule has 0 spiro atoms. The summed E-state index contributed by atoms with van der Waals surface area (Å²) in [6, 6.07) is 16.7. The summed E-state index contributed by atoms with van der Waals surface area (Å²) < 4.78 is 31.9. The van der Waals surface area contributed by atoms with Crippen LogP contribution in [-0.4, -0.2) is 37.3 Å². The molecule has 13 heteroatoms. The Morgan fingerprint density at radius 1 is 1.13 bits per heavy atom. The minimum Gasteiger partial charge on any atom is -0.755 e. The van der Waals surface area contributed by atoms with E-state index in [1.807, 2.05) is 0 Å². The highest BCUT2D eigenvalue weighted by Crippen LogP contribution is 2.38. The van der Waals surface area contributed by atoms with Crippen molar-refractivity contribution < 1.29 is 18.3 Å². The number of nitrogens with two attached hydrogens (primary N) is 2. The third kappa shape index (κ3) is 6.27. The lowest BCUT2D eigenvalue weighted by Crippen LogP contribution is -2.45. The molecule has 1 aromatic heterocycles. The molecule has 1 amide bonds. The SMILES string of the molecule is COc1ccc(Cl)c(Nc2nc3ccccc3nc2N(c2cc(NC(=O)C(C)(C)N)ccc2CN)S(=O)[O-])c1. The van der Waals surface area contributed by atoms with Crippen LogP contribution in [0, 0.1) is 0 Å². The van der Waals surface area contributed by atoms with Crippen LogP contribution >= 0.6 is 11.6 Å². The van der Waals surface area contributed by atoms with Crippen molar-refractivity contribution in [2.24, 2.45) is 11.5 Å². The summed E-state index contributed by atoms with van der Waals surface area (Å²) in [7, 11) is 1.52. The zero-order chi connectivity index (χ0) is 28.3. The standard InChI is InChI=1S/C26H28ClN7O4S/c1-26(2,29)25(35)30-16-9-8-15(14-28)22(12-16)34(39(36)37)24-23(31-19-6-4-5-7-20(19)33-24)32-21-13-17(38-3)10-11-18(21)27/h4-13H,14,28-29H2,1-3H3,(H,30,35)(H,31,32)(H,36,37)/p-1. The van der Waals surface area contributed by atoms with Crippen LogP contribution in [0.4, 0.5) is 28.7 Å². The number of benzene rings is 3. The average molecular weight is 569 g/mol. The fourth-order valence-corrected chi connectivity index (χ4v) is 4.40. The van der Waals surface area contributed by atoms with Gasteiger partial charge in [-0.2, -0.15) is 0 Å². The molecular weight excluding hydrogens is 542 g/mol. The summed E-state index contributed by atoms with van der Waals surface area (Å²) in [6.07, 6.45) is 0. The number of nitrogens with zero attached hydrogens (tertiary/aromatic N) is 3. The predicted molar refractivity (Wildman–Crippen MR) is 153 cm³/mol. The first kappa shape index (κ1) is 28.2. The number of nitrogens with one attached hydrogen (secondary N) is 2. The van der Waals surface area contributed by atoms with Crippen LogP contribution in [0.5, 0.6) is 5.75 Å². The lowest BCUT2D eigenvalue weighted by Gasteiger charge is -2.29. The highest BCUT2D eigenvalue weighted by atomic mass is 35.5. The van der Waals surface area contributed by atoms with E-state index in [0.717, 1.165) is 4.31 Å². The number of para-hydroxylation sites is 2. The van der Waals surface area contributed by atoms with Crippen LogP contribution < -0.4 is 31.1 Å². The van der Waals surface area contributed by atoms with Crippen molar-refractivity contribution >= 4 is 68.5 Å². The molecule has 0 aliphatic carbocycles. The van der Waals surface area contributed by atoms with Crippen LogP contribution in [0.1, 0.15) is 19.4 Å². The number of ether oxygens (including phenoxy) is 1. The van der Waals surface area contributed by atoms with Gasteiger partial charge in [-0.05, 0) is 55.8 Å². The van der Waals surface area contributed by atoms with Gasteiger partial charge >= 0.3 is 0 Å². The molecule has 11 nitrogen and oxygen atoms in total. The predicted octanol–water partition coefficient (Wildman–Crippen LogP) is 4.10. The van der Waals surface area contributed by atoms with Gasteiger partial charge in [0.1, 0.15) is 5.75 Å². The second-order valence-electron chi connectivity index (χ2n) is 9.09. The molecule has 204 valence electrons. The maximum Gasteiger partial charge on any atom is 0.243 e. The first-order valence-electron chi connectivity index (χ1n) is 11.7. The Bertz CT molecular complexity index is 1560. The van der Waals surface area contributed by atoms with Crippen molar-refractivity contribution in [2.45, 2.75) is 25.9 Å². The Hall–Kier alpha value is -3.81. The van der Waals surface area contributed by atoms with Crippen molar-refractivity contribution in [1.29, 1.82) is 0 Å². The van der Waals surface area contributed by atoms with E-state index >= 15 is 0 Å². The number of rotatable bonds is 9. The molecule has 4 aromatic rings. The van der Waals surface area contributed by atoms with Gasteiger partial charge in [-0.3, -0.25) is 13.3 Å². The van der Waals surface area contributed by atoms with Gasteiger partial charge < -0.3 is 31.4 Å². The minimum absolute atomic E-state index is 0.00509. The minimum atomic E-state index is -2.89. The molecule has 0 bridgehead atoms. The number of halogens is 1. The summed E-state index contributed by atoms with van der Waals surface area (Å²) in [6.45, 7) is 3.12. The number of hydrogen-bond donors (Lipinski definition) is 4. The molecule has 6 N–H and O–H groups in total. The van der Waals surface area contributed by atoms with E-state index in [-0.39, 0.29) is 23.9 Å². The van der Waals surface area contributed by atoms with Crippen LogP contribution in [0.2, 0.25) is 5.02 Å².